The van der Waals surface area contributed by atoms with Gasteiger partial charge in [-0.05, 0) is 36.2 Å². The number of alkyl halides is 6. The highest BCUT2D eigenvalue weighted by Crippen LogP contribution is 2.38. The molecule has 1 unspecified atom stereocenters. The summed E-state index contributed by atoms with van der Waals surface area (Å²) in [6.07, 6.45) is -9.33. The maximum absolute atomic E-state index is 13.2. The molecule has 5 nitrogen and oxygen atoms in total. The molecular weight excluding hydrogens is 496 g/mol. The fourth-order valence-corrected chi connectivity index (χ4v) is 4.13. The predicted molar refractivity (Wildman–Crippen MR) is 129 cm³/mol. The Morgan fingerprint density at radius 2 is 1.51 bits per heavy atom. The number of rotatable bonds is 5. The van der Waals surface area contributed by atoms with Gasteiger partial charge in [-0.25, -0.2) is 4.99 Å². The zero-order valence-electron chi connectivity index (χ0n) is 19.4. The van der Waals surface area contributed by atoms with Gasteiger partial charge in [0.25, 0.3) is 0 Å². The van der Waals surface area contributed by atoms with Gasteiger partial charge in [-0.2, -0.15) is 26.3 Å². The molecule has 192 valence electrons. The van der Waals surface area contributed by atoms with E-state index in [2.05, 4.69) is 9.98 Å². The van der Waals surface area contributed by atoms with Crippen LogP contribution in [-0.4, -0.2) is 17.4 Å². The molecule has 1 aliphatic rings. The Labute approximate surface area is 208 Å². The van der Waals surface area contributed by atoms with Crippen LogP contribution in [-0.2, 0) is 12.4 Å². The molecule has 4 rings (SSSR count). The number of nitrogens with two attached hydrogens (primary N) is 2. The molecule has 0 radical (unpaired) electrons. The van der Waals surface area contributed by atoms with Crippen LogP contribution in [0.25, 0.3) is 0 Å². The molecular formula is C26H21F6N5. The highest BCUT2D eigenvalue weighted by molar-refractivity contribution is 6.18. The van der Waals surface area contributed by atoms with Gasteiger partial charge in [-0.3, -0.25) is 10.4 Å². The summed E-state index contributed by atoms with van der Waals surface area (Å²) in [4.78, 5) is 8.28. The number of fused-ring (bicyclic) bond motifs is 1. The Balaban J connectivity index is 1.76. The Morgan fingerprint density at radius 1 is 0.919 bits per heavy atom. The van der Waals surface area contributed by atoms with Gasteiger partial charge in [-0.1, -0.05) is 43.3 Å². The van der Waals surface area contributed by atoms with Crippen molar-refractivity contribution >= 4 is 23.1 Å². The van der Waals surface area contributed by atoms with Gasteiger partial charge in [-0.15, -0.1) is 0 Å². The summed E-state index contributed by atoms with van der Waals surface area (Å²) < 4.78 is 79.4. The summed E-state index contributed by atoms with van der Waals surface area (Å²) in [6.45, 7) is 1.96. The molecule has 0 fully saturated rings. The van der Waals surface area contributed by atoms with E-state index < -0.39 is 29.2 Å². The van der Waals surface area contributed by atoms with E-state index in [9.17, 15) is 26.3 Å². The van der Waals surface area contributed by atoms with Crippen LogP contribution in [0.3, 0.4) is 0 Å². The topological polar surface area (TPSA) is 101 Å². The largest absolute Gasteiger partial charge is 0.416 e. The Hall–Kier alpha value is -4.15. The lowest BCUT2D eigenvalue weighted by Crippen LogP contribution is -2.18. The van der Waals surface area contributed by atoms with E-state index in [1.54, 1.807) is 36.4 Å². The molecule has 1 heterocycles. The number of nitrogens with zero attached hydrogens (tertiary/aromatic N) is 2. The van der Waals surface area contributed by atoms with E-state index in [-0.39, 0.29) is 29.2 Å². The first-order valence-corrected chi connectivity index (χ1v) is 11.1. The predicted octanol–water partition coefficient (Wildman–Crippen LogP) is 6.35. The van der Waals surface area contributed by atoms with Crippen molar-refractivity contribution < 1.29 is 26.3 Å². The smallest absolute Gasteiger partial charge is 0.383 e. The van der Waals surface area contributed by atoms with E-state index in [0.717, 1.165) is 11.1 Å². The van der Waals surface area contributed by atoms with Gasteiger partial charge in [0.05, 0.1) is 28.6 Å². The van der Waals surface area contributed by atoms with Gasteiger partial charge in [0.15, 0.2) is 0 Å². The van der Waals surface area contributed by atoms with E-state index in [4.69, 9.17) is 16.9 Å². The van der Waals surface area contributed by atoms with Crippen LogP contribution in [0.15, 0.2) is 70.6 Å². The third-order valence-electron chi connectivity index (χ3n) is 5.95. The SMILES string of the molecule is CCC1N=C(N)c2ccc(C(=N)c3ccccc3C(N)=Nc3cc(C(F)(F)F)cc(C(F)(F)F)c3)cc21. The first-order chi connectivity index (χ1) is 17.3. The first kappa shape index (κ1) is 25.9. The van der Waals surface area contributed by atoms with E-state index in [1.165, 1.54) is 6.07 Å². The molecule has 11 heteroatoms. The summed E-state index contributed by atoms with van der Waals surface area (Å²) in [5.41, 5.74) is 11.1. The minimum atomic E-state index is -5.02. The fourth-order valence-electron chi connectivity index (χ4n) is 4.13. The minimum absolute atomic E-state index is 0.0206. The van der Waals surface area contributed by atoms with Crippen molar-refractivity contribution in [2.45, 2.75) is 31.7 Å². The van der Waals surface area contributed by atoms with Crippen molar-refractivity contribution in [2.75, 3.05) is 0 Å². The molecule has 0 bridgehead atoms. The maximum Gasteiger partial charge on any atom is 0.416 e. The number of halogens is 6. The second kappa shape index (κ2) is 9.38. The first-order valence-electron chi connectivity index (χ1n) is 11.1. The number of hydrogen-bond donors (Lipinski definition) is 3. The highest BCUT2D eigenvalue weighted by Gasteiger charge is 2.37. The van der Waals surface area contributed by atoms with Crippen molar-refractivity contribution in [2.24, 2.45) is 21.5 Å². The third-order valence-corrected chi connectivity index (χ3v) is 5.95. The molecule has 37 heavy (non-hydrogen) atoms. The molecule has 3 aromatic carbocycles. The zero-order chi connectivity index (χ0) is 27.1. The molecule has 0 saturated carbocycles. The van der Waals surface area contributed by atoms with Crippen LogP contribution in [0.5, 0.6) is 0 Å². The fraction of sp³-hybridized carbons (Fsp3) is 0.192. The van der Waals surface area contributed by atoms with Crippen LogP contribution < -0.4 is 11.5 Å². The van der Waals surface area contributed by atoms with Gasteiger partial charge >= 0.3 is 12.4 Å². The Morgan fingerprint density at radius 3 is 2.08 bits per heavy atom. The highest BCUT2D eigenvalue weighted by atomic mass is 19.4. The third kappa shape index (κ3) is 5.20. The second-order valence-corrected chi connectivity index (χ2v) is 8.42. The molecule has 3 aromatic rings. The van der Waals surface area contributed by atoms with Crippen LogP contribution in [0.4, 0.5) is 32.0 Å². The Kier molecular flexibility index (Phi) is 6.57. The normalized spacial score (nSPS) is 15.9. The van der Waals surface area contributed by atoms with Gasteiger partial charge in [0.2, 0.25) is 0 Å². The summed E-state index contributed by atoms with van der Waals surface area (Å²) in [7, 11) is 0. The average molecular weight is 517 g/mol. The average Bonchev–Trinajstić information content (AvgIpc) is 3.17. The molecule has 0 saturated heterocycles. The molecule has 0 aliphatic carbocycles. The molecule has 1 atom stereocenters. The Bertz CT molecular complexity index is 1400. The van der Waals surface area contributed by atoms with Crippen LogP contribution in [0, 0.1) is 5.41 Å². The van der Waals surface area contributed by atoms with Gasteiger partial charge in [0, 0.05) is 22.3 Å². The van der Waals surface area contributed by atoms with E-state index in [0.29, 0.717) is 35.5 Å². The van der Waals surface area contributed by atoms with Crippen molar-refractivity contribution in [3.8, 4) is 0 Å². The van der Waals surface area contributed by atoms with Crippen molar-refractivity contribution in [3.63, 3.8) is 0 Å². The van der Waals surface area contributed by atoms with Gasteiger partial charge in [0.1, 0.15) is 11.7 Å². The van der Waals surface area contributed by atoms with Crippen LogP contribution in [0.2, 0.25) is 0 Å². The molecule has 0 aromatic heterocycles. The van der Waals surface area contributed by atoms with Crippen molar-refractivity contribution in [3.05, 3.63) is 99.6 Å². The lowest BCUT2D eigenvalue weighted by atomic mass is 9.92. The monoisotopic (exact) mass is 517 g/mol. The maximum atomic E-state index is 13.2. The van der Waals surface area contributed by atoms with Crippen molar-refractivity contribution in [1.82, 2.24) is 0 Å². The van der Waals surface area contributed by atoms with Crippen LogP contribution >= 0.6 is 0 Å². The summed E-state index contributed by atoms with van der Waals surface area (Å²) in [5.74, 6) is 0.0731. The molecule has 0 amide bonds. The lowest BCUT2D eigenvalue weighted by molar-refractivity contribution is -0.143. The van der Waals surface area contributed by atoms with Gasteiger partial charge < -0.3 is 11.5 Å². The molecule has 1 aliphatic heterocycles. The lowest BCUT2D eigenvalue weighted by Gasteiger charge is -2.14. The van der Waals surface area contributed by atoms with E-state index >= 15 is 0 Å². The zero-order valence-corrected chi connectivity index (χ0v) is 19.4. The summed E-state index contributed by atoms with van der Waals surface area (Å²) in [5, 5.41) is 8.78. The van der Waals surface area contributed by atoms with Crippen LogP contribution in [0.1, 0.15) is 58.3 Å². The number of aliphatic imine (C=N–C) groups is 2. The number of benzene rings is 3. The second-order valence-electron chi connectivity index (χ2n) is 8.42. The molecule has 5 N–H and O–H groups in total. The number of nitrogens with one attached hydrogen (secondary N) is 1. The van der Waals surface area contributed by atoms with Crippen molar-refractivity contribution in [1.29, 1.82) is 5.41 Å². The quantitative estimate of drug-likeness (QED) is 0.209. The standard InChI is InChI=1S/C26H21F6N5/c1-2-21-20-9-13(7-8-19(20)24(35)37-21)22(33)17-5-3-4-6-18(17)23(34)36-16-11-14(25(27,28)29)10-15(12-16)26(30,31)32/h3-12,21,33H,2H2,1H3,(H2,34,36)(H2,35,37). The number of hydrogen-bond acceptors (Lipinski definition) is 4. The summed E-state index contributed by atoms with van der Waals surface area (Å²) >= 11 is 0. The van der Waals surface area contributed by atoms with E-state index in [1.807, 2.05) is 6.92 Å². The summed E-state index contributed by atoms with van der Waals surface area (Å²) in [6, 6.07) is 12.4. The number of amidine groups is 2. The molecule has 0 spiro atoms. The minimum Gasteiger partial charge on any atom is -0.383 e.